The summed E-state index contributed by atoms with van der Waals surface area (Å²) in [5.41, 5.74) is 1.62. The van der Waals surface area contributed by atoms with Gasteiger partial charge in [0, 0.05) is 43.2 Å². The van der Waals surface area contributed by atoms with E-state index in [2.05, 4.69) is 9.72 Å². The zero-order chi connectivity index (χ0) is 18.0. The van der Waals surface area contributed by atoms with Crippen LogP contribution in [0.5, 0.6) is 5.75 Å². The van der Waals surface area contributed by atoms with E-state index in [1.54, 1.807) is 36.5 Å². The van der Waals surface area contributed by atoms with Crippen molar-refractivity contribution in [1.82, 2.24) is 9.88 Å². The van der Waals surface area contributed by atoms with Crippen LogP contribution in [0.15, 0.2) is 35.0 Å². The Morgan fingerprint density at radius 1 is 1.36 bits per heavy atom. The molecule has 0 atom stereocenters. The summed E-state index contributed by atoms with van der Waals surface area (Å²) in [7, 11) is 1.74. The summed E-state index contributed by atoms with van der Waals surface area (Å²) in [6, 6.07) is 4.82. The Bertz CT molecular complexity index is 908. The number of halogens is 2. The molecule has 132 valence electrons. The number of rotatable bonds is 6. The number of aromatic nitrogens is 1. The van der Waals surface area contributed by atoms with Crippen molar-refractivity contribution in [2.45, 2.75) is 26.4 Å². The summed E-state index contributed by atoms with van der Waals surface area (Å²) in [6.07, 6.45) is 3.98. The standard InChI is InChI=1S/C18H18F2N2O3/c1-3-22(2)15(23)7-5-11-4-6-14(25-18(19)20)17-16(11)12-10-21-9-8-13(12)24-17/h4,6,8-10,18H,3,5,7H2,1-2H3. The maximum absolute atomic E-state index is 12.7. The van der Waals surface area contributed by atoms with Crippen LogP contribution in [0.3, 0.4) is 0 Å². The van der Waals surface area contributed by atoms with Gasteiger partial charge >= 0.3 is 6.61 Å². The zero-order valence-electron chi connectivity index (χ0n) is 14.0. The number of carbonyl (C=O) groups is 1. The minimum atomic E-state index is -2.94. The first kappa shape index (κ1) is 17.1. The van der Waals surface area contributed by atoms with Gasteiger partial charge in [-0.2, -0.15) is 8.78 Å². The summed E-state index contributed by atoms with van der Waals surface area (Å²) in [5, 5.41) is 1.37. The number of benzene rings is 1. The van der Waals surface area contributed by atoms with Crippen molar-refractivity contribution < 1.29 is 22.7 Å². The van der Waals surface area contributed by atoms with Crippen molar-refractivity contribution in [2.75, 3.05) is 13.6 Å². The number of aryl methyl sites for hydroxylation is 1. The van der Waals surface area contributed by atoms with Gasteiger partial charge in [0.2, 0.25) is 5.91 Å². The summed E-state index contributed by atoms with van der Waals surface area (Å²) < 4.78 is 35.6. The van der Waals surface area contributed by atoms with Gasteiger partial charge < -0.3 is 14.1 Å². The van der Waals surface area contributed by atoms with E-state index in [1.807, 2.05) is 6.92 Å². The molecule has 1 aromatic carbocycles. The molecule has 0 saturated heterocycles. The second-order valence-electron chi connectivity index (χ2n) is 5.69. The van der Waals surface area contributed by atoms with E-state index in [1.165, 1.54) is 6.07 Å². The lowest BCUT2D eigenvalue weighted by atomic mass is 10.0. The smallest absolute Gasteiger partial charge is 0.387 e. The van der Waals surface area contributed by atoms with Crippen molar-refractivity contribution in [2.24, 2.45) is 0 Å². The monoisotopic (exact) mass is 348 g/mol. The second-order valence-corrected chi connectivity index (χ2v) is 5.69. The molecule has 3 rings (SSSR count). The van der Waals surface area contributed by atoms with Crippen molar-refractivity contribution >= 4 is 27.8 Å². The van der Waals surface area contributed by atoms with Crippen LogP contribution in [0.25, 0.3) is 21.9 Å². The fourth-order valence-electron chi connectivity index (χ4n) is 2.78. The fourth-order valence-corrected chi connectivity index (χ4v) is 2.78. The lowest BCUT2D eigenvalue weighted by Gasteiger charge is -2.14. The molecule has 0 aliphatic heterocycles. The van der Waals surface area contributed by atoms with Crippen molar-refractivity contribution in [1.29, 1.82) is 0 Å². The van der Waals surface area contributed by atoms with E-state index in [-0.39, 0.29) is 17.2 Å². The number of fused-ring (bicyclic) bond motifs is 3. The molecule has 25 heavy (non-hydrogen) atoms. The van der Waals surface area contributed by atoms with Crippen LogP contribution >= 0.6 is 0 Å². The van der Waals surface area contributed by atoms with Crippen LogP contribution in [0, 0.1) is 0 Å². The van der Waals surface area contributed by atoms with Gasteiger partial charge in [-0.25, -0.2) is 0 Å². The predicted octanol–water partition coefficient (Wildman–Crippen LogP) is 3.99. The zero-order valence-corrected chi connectivity index (χ0v) is 14.0. The number of ether oxygens (including phenoxy) is 1. The fraction of sp³-hybridized carbons (Fsp3) is 0.333. The van der Waals surface area contributed by atoms with E-state index in [9.17, 15) is 13.6 Å². The lowest BCUT2D eigenvalue weighted by Crippen LogP contribution is -2.26. The number of nitrogens with zero attached hydrogens (tertiary/aromatic N) is 2. The molecule has 2 heterocycles. The normalized spacial score (nSPS) is 11.4. The van der Waals surface area contributed by atoms with Gasteiger partial charge in [0.25, 0.3) is 0 Å². The lowest BCUT2D eigenvalue weighted by molar-refractivity contribution is -0.129. The van der Waals surface area contributed by atoms with Crippen LogP contribution < -0.4 is 4.74 Å². The SMILES string of the molecule is CCN(C)C(=O)CCc1ccc(OC(F)F)c2oc3ccncc3c12. The summed E-state index contributed by atoms with van der Waals surface area (Å²) in [4.78, 5) is 17.8. The van der Waals surface area contributed by atoms with Gasteiger partial charge in [-0.1, -0.05) is 6.07 Å². The minimum absolute atomic E-state index is 0.0227. The Morgan fingerprint density at radius 3 is 2.88 bits per heavy atom. The van der Waals surface area contributed by atoms with E-state index in [4.69, 9.17) is 4.42 Å². The number of hydrogen-bond donors (Lipinski definition) is 0. The first-order valence-electron chi connectivity index (χ1n) is 7.98. The van der Waals surface area contributed by atoms with Gasteiger partial charge in [-0.3, -0.25) is 9.78 Å². The summed E-state index contributed by atoms with van der Waals surface area (Å²) in [5.74, 6) is -0.00330. The summed E-state index contributed by atoms with van der Waals surface area (Å²) >= 11 is 0. The minimum Gasteiger partial charge on any atom is -0.452 e. The number of amides is 1. The Morgan fingerprint density at radius 2 is 2.16 bits per heavy atom. The average molecular weight is 348 g/mol. The van der Waals surface area contributed by atoms with Crippen molar-refractivity contribution in [3.05, 3.63) is 36.2 Å². The molecule has 0 aliphatic rings. The molecule has 0 aliphatic carbocycles. The number of alkyl halides is 2. The van der Waals surface area contributed by atoms with Crippen molar-refractivity contribution in [3.63, 3.8) is 0 Å². The van der Waals surface area contributed by atoms with Gasteiger partial charge in [-0.15, -0.1) is 0 Å². The topological polar surface area (TPSA) is 55.6 Å². The van der Waals surface area contributed by atoms with Gasteiger partial charge in [0.15, 0.2) is 11.3 Å². The third-order valence-corrected chi connectivity index (χ3v) is 4.19. The molecule has 3 aromatic rings. The third-order valence-electron chi connectivity index (χ3n) is 4.19. The van der Waals surface area contributed by atoms with Gasteiger partial charge in [-0.05, 0) is 31.0 Å². The molecule has 0 spiro atoms. The first-order valence-corrected chi connectivity index (χ1v) is 7.98. The molecule has 0 unspecified atom stereocenters. The van der Waals surface area contributed by atoms with E-state index in [0.717, 1.165) is 5.56 Å². The van der Waals surface area contributed by atoms with Crippen LogP contribution in [0.4, 0.5) is 8.78 Å². The average Bonchev–Trinajstić information content (AvgIpc) is 3.00. The van der Waals surface area contributed by atoms with E-state index >= 15 is 0 Å². The number of carbonyl (C=O) groups excluding carboxylic acids is 1. The quantitative estimate of drug-likeness (QED) is 0.676. The molecular formula is C18H18F2N2O3. The number of hydrogen-bond acceptors (Lipinski definition) is 4. The molecule has 0 N–H and O–H groups in total. The molecular weight excluding hydrogens is 330 g/mol. The molecule has 5 nitrogen and oxygen atoms in total. The highest BCUT2D eigenvalue weighted by atomic mass is 19.3. The Labute approximate surface area is 143 Å². The summed E-state index contributed by atoms with van der Waals surface area (Å²) in [6.45, 7) is -0.407. The van der Waals surface area contributed by atoms with Crippen LogP contribution in [0.1, 0.15) is 18.9 Å². The maximum Gasteiger partial charge on any atom is 0.387 e. The third kappa shape index (κ3) is 3.40. The molecule has 1 amide bonds. The largest absolute Gasteiger partial charge is 0.452 e. The number of furan rings is 1. The highest BCUT2D eigenvalue weighted by molar-refractivity contribution is 6.08. The Hall–Kier alpha value is -2.70. The highest BCUT2D eigenvalue weighted by Gasteiger charge is 2.19. The Kier molecular flexibility index (Phi) is 4.83. The van der Waals surface area contributed by atoms with Crippen LogP contribution in [-0.2, 0) is 11.2 Å². The number of pyridine rings is 1. The highest BCUT2D eigenvalue weighted by Crippen LogP contribution is 2.37. The first-order chi connectivity index (χ1) is 12.0. The van der Waals surface area contributed by atoms with Crippen LogP contribution in [0.2, 0.25) is 0 Å². The van der Waals surface area contributed by atoms with Gasteiger partial charge in [0.1, 0.15) is 5.58 Å². The Balaban J connectivity index is 2.05. The second kappa shape index (κ2) is 7.04. The van der Waals surface area contributed by atoms with Crippen molar-refractivity contribution in [3.8, 4) is 5.75 Å². The molecule has 0 saturated carbocycles. The van der Waals surface area contributed by atoms with E-state index < -0.39 is 6.61 Å². The molecule has 0 fully saturated rings. The molecule has 7 heteroatoms. The molecule has 2 aromatic heterocycles. The van der Waals surface area contributed by atoms with Crippen LogP contribution in [-0.4, -0.2) is 36.0 Å². The maximum atomic E-state index is 12.7. The predicted molar refractivity (Wildman–Crippen MR) is 89.8 cm³/mol. The van der Waals surface area contributed by atoms with Gasteiger partial charge in [0.05, 0.1) is 0 Å². The molecule has 0 bridgehead atoms. The molecule has 0 radical (unpaired) electrons. The van der Waals surface area contributed by atoms with E-state index in [0.29, 0.717) is 35.7 Å².